The summed E-state index contributed by atoms with van der Waals surface area (Å²) in [7, 11) is 1.70. The Hall–Kier alpha value is -1.85. The third kappa shape index (κ3) is 3.38. The van der Waals surface area contributed by atoms with Crippen molar-refractivity contribution < 1.29 is 4.79 Å². The van der Waals surface area contributed by atoms with E-state index in [4.69, 9.17) is 0 Å². The molecule has 0 saturated heterocycles. The maximum atomic E-state index is 11.5. The molecule has 0 aliphatic carbocycles. The molecule has 0 aromatic carbocycles. The van der Waals surface area contributed by atoms with Crippen LogP contribution in [0.1, 0.15) is 13.3 Å². The van der Waals surface area contributed by atoms with E-state index in [-0.39, 0.29) is 18.0 Å². The van der Waals surface area contributed by atoms with Crippen LogP contribution < -0.4 is 16.2 Å². The van der Waals surface area contributed by atoms with Crippen LogP contribution in [0.25, 0.3) is 0 Å². The topological polar surface area (TPSA) is 76.0 Å². The molecule has 2 N–H and O–H groups in total. The summed E-state index contributed by atoms with van der Waals surface area (Å²) < 4.78 is 1.13. The summed E-state index contributed by atoms with van der Waals surface area (Å²) in [5.74, 6) is -0.200. The van der Waals surface area contributed by atoms with Gasteiger partial charge in [-0.2, -0.15) is 5.10 Å². The standard InChI is InChI=1S/C10H16N4O2/c1-3-4-12-9(15)7-14-10(16)5-8(11-2)6-13-14/h5-6,11H,3-4,7H2,1-2H3,(H,12,15). The molecule has 6 nitrogen and oxygen atoms in total. The molecular weight excluding hydrogens is 208 g/mol. The van der Waals surface area contributed by atoms with Crippen molar-refractivity contribution >= 4 is 11.6 Å². The fourth-order valence-corrected chi connectivity index (χ4v) is 1.15. The van der Waals surface area contributed by atoms with Crippen LogP contribution in [0.3, 0.4) is 0 Å². The van der Waals surface area contributed by atoms with E-state index in [1.807, 2.05) is 6.92 Å². The summed E-state index contributed by atoms with van der Waals surface area (Å²) in [6.45, 7) is 2.54. The van der Waals surface area contributed by atoms with Crippen molar-refractivity contribution in [2.75, 3.05) is 18.9 Å². The first-order chi connectivity index (χ1) is 7.67. The van der Waals surface area contributed by atoms with Crippen LogP contribution in [-0.4, -0.2) is 29.3 Å². The van der Waals surface area contributed by atoms with Gasteiger partial charge in [0.25, 0.3) is 5.56 Å². The van der Waals surface area contributed by atoms with E-state index in [9.17, 15) is 9.59 Å². The van der Waals surface area contributed by atoms with E-state index in [1.165, 1.54) is 12.3 Å². The van der Waals surface area contributed by atoms with E-state index in [2.05, 4.69) is 15.7 Å². The highest BCUT2D eigenvalue weighted by Gasteiger charge is 2.04. The molecule has 1 aromatic heterocycles. The molecule has 16 heavy (non-hydrogen) atoms. The maximum Gasteiger partial charge on any atom is 0.269 e. The average Bonchev–Trinajstić information content (AvgIpc) is 2.29. The minimum atomic E-state index is -0.293. The molecule has 88 valence electrons. The Kier molecular flexibility index (Phi) is 4.50. The molecule has 1 amide bonds. The van der Waals surface area contributed by atoms with Crippen molar-refractivity contribution in [2.24, 2.45) is 0 Å². The fraction of sp³-hybridized carbons (Fsp3) is 0.500. The normalized spacial score (nSPS) is 9.88. The molecule has 1 heterocycles. The van der Waals surface area contributed by atoms with E-state index >= 15 is 0 Å². The predicted octanol–water partition coefficient (Wildman–Crippen LogP) is -0.189. The van der Waals surface area contributed by atoms with Crippen molar-refractivity contribution in [1.29, 1.82) is 0 Å². The van der Waals surface area contributed by atoms with Gasteiger partial charge in [0.05, 0.1) is 11.9 Å². The highest BCUT2D eigenvalue weighted by Crippen LogP contribution is 1.96. The number of nitrogens with zero attached hydrogens (tertiary/aromatic N) is 2. The van der Waals surface area contributed by atoms with E-state index in [0.717, 1.165) is 11.1 Å². The minimum absolute atomic E-state index is 0.0389. The lowest BCUT2D eigenvalue weighted by molar-refractivity contribution is -0.121. The summed E-state index contributed by atoms with van der Waals surface area (Å²) in [6, 6.07) is 1.40. The Morgan fingerprint density at radius 3 is 2.88 bits per heavy atom. The van der Waals surface area contributed by atoms with Crippen LogP contribution in [0.2, 0.25) is 0 Å². The first-order valence-corrected chi connectivity index (χ1v) is 5.19. The number of anilines is 1. The maximum absolute atomic E-state index is 11.5. The summed E-state index contributed by atoms with van der Waals surface area (Å²) >= 11 is 0. The molecular formula is C10H16N4O2. The van der Waals surface area contributed by atoms with Gasteiger partial charge < -0.3 is 10.6 Å². The van der Waals surface area contributed by atoms with Gasteiger partial charge in [-0.25, -0.2) is 4.68 Å². The molecule has 0 aliphatic rings. The molecule has 0 saturated carbocycles. The van der Waals surface area contributed by atoms with E-state index in [0.29, 0.717) is 12.2 Å². The number of hydrogen-bond donors (Lipinski definition) is 2. The zero-order valence-electron chi connectivity index (χ0n) is 9.49. The van der Waals surface area contributed by atoms with E-state index in [1.54, 1.807) is 7.05 Å². The van der Waals surface area contributed by atoms with Gasteiger partial charge in [0.1, 0.15) is 6.54 Å². The molecule has 0 aliphatic heterocycles. The third-order valence-corrected chi connectivity index (χ3v) is 2.02. The van der Waals surface area contributed by atoms with Crippen molar-refractivity contribution in [3.63, 3.8) is 0 Å². The number of carbonyl (C=O) groups excluding carboxylic acids is 1. The van der Waals surface area contributed by atoms with Gasteiger partial charge in [-0.05, 0) is 6.42 Å². The Labute approximate surface area is 93.7 Å². The molecule has 6 heteroatoms. The largest absolute Gasteiger partial charge is 0.387 e. The number of hydrogen-bond acceptors (Lipinski definition) is 4. The highest BCUT2D eigenvalue weighted by molar-refractivity contribution is 5.75. The highest BCUT2D eigenvalue weighted by atomic mass is 16.2. The van der Waals surface area contributed by atoms with Crippen LogP contribution in [0.4, 0.5) is 5.69 Å². The van der Waals surface area contributed by atoms with E-state index < -0.39 is 0 Å². The van der Waals surface area contributed by atoms with Crippen LogP contribution >= 0.6 is 0 Å². The number of rotatable bonds is 5. The SMILES string of the molecule is CCCNC(=O)Cn1ncc(NC)cc1=O. The molecule has 1 rings (SSSR count). The Bertz CT molecular complexity index is 414. The van der Waals surface area contributed by atoms with Crippen molar-refractivity contribution in [2.45, 2.75) is 19.9 Å². The van der Waals surface area contributed by atoms with Gasteiger partial charge in [-0.1, -0.05) is 6.92 Å². The first-order valence-electron chi connectivity index (χ1n) is 5.19. The Balaban J connectivity index is 2.67. The second-order valence-corrected chi connectivity index (χ2v) is 3.34. The lowest BCUT2D eigenvalue weighted by Gasteiger charge is -2.06. The summed E-state index contributed by atoms with van der Waals surface area (Å²) in [4.78, 5) is 22.8. The third-order valence-electron chi connectivity index (χ3n) is 2.02. The fourth-order valence-electron chi connectivity index (χ4n) is 1.15. The van der Waals surface area contributed by atoms with Gasteiger partial charge in [-0.3, -0.25) is 9.59 Å². The Morgan fingerprint density at radius 2 is 2.31 bits per heavy atom. The van der Waals surface area contributed by atoms with Crippen LogP contribution in [0, 0.1) is 0 Å². The number of aromatic nitrogens is 2. The molecule has 0 atom stereocenters. The Morgan fingerprint density at radius 1 is 1.56 bits per heavy atom. The second kappa shape index (κ2) is 5.89. The van der Waals surface area contributed by atoms with Crippen LogP contribution in [0.5, 0.6) is 0 Å². The molecule has 0 bridgehead atoms. The first kappa shape index (κ1) is 12.2. The number of amides is 1. The predicted molar refractivity (Wildman–Crippen MR) is 61.3 cm³/mol. The smallest absolute Gasteiger partial charge is 0.269 e. The van der Waals surface area contributed by atoms with Gasteiger partial charge in [-0.15, -0.1) is 0 Å². The lowest BCUT2D eigenvalue weighted by Crippen LogP contribution is -2.33. The van der Waals surface area contributed by atoms with Crippen LogP contribution in [-0.2, 0) is 11.3 Å². The van der Waals surface area contributed by atoms with Gasteiger partial charge in [0.2, 0.25) is 5.91 Å². The molecule has 0 radical (unpaired) electrons. The quantitative estimate of drug-likeness (QED) is 0.727. The number of nitrogens with one attached hydrogen (secondary N) is 2. The van der Waals surface area contributed by atoms with Crippen molar-refractivity contribution in [3.8, 4) is 0 Å². The molecule has 0 unspecified atom stereocenters. The lowest BCUT2D eigenvalue weighted by atomic mass is 10.4. The van der Waals surface area contributed by atoms with Crippen molar-refractivity contribution in [1.82, 2.24) is 15.1 Å². The summed E-state index contributed by atoms with van der Waals surface area (Å²) in [5.41, 5.74) is 0.341. The summed E-state index contributed by atoms with van der Waals surface area (Å²) in [5, 5.41) is 9.37. The number of carbonyl (C=O) groups is 1. The minimum Gasteiger partial charge on any atom is -0.387 e. The molecule has 0 spiro atoms. The zero-order valence-corrected chi connectivity index (χ0v) is 9.49. The average molecular weight is 224 g/mol. The van der Waals surface area contributed by atoms with Gasteiger partial charge >= 0.3 is 0 Å². The summed E-state index contributed by atoms with van der Waals surface area (Å²) in [6.07, 6.45) is 2.38. The monoisotopic (exact) mass is 224 g/mol. The second-order valence-electron chi connectivity index (χ2n) is 3.34. The van der Waals surface area contributed by atoms with Crippen LogP contribution in [0.15, 0.2) is 17.1 Å². The molecule has 0 fully saturated rings. The zero-order chi connectivity index (χ0) is 12.0. The van der Waals surface area contributed by atoms with Gasteiger partial charge in [0, 0.05) is 19.7 Å². The molecule has 1 aromatic rings. The van der Waals surface area contributed by atoms with Crippen molar-refractivity contribution in [3.05, 3.63) is 22.6 Å². The van der Waals surface area contributed by atoms with Gasteiger partial charge in [0.15, 0.2) is 0 Å².